The van der Waals surface area contributed by atoms with Gasteiger partial charge in [0.05, 0.1) is 20.8 Å². The maximum Gasteiger partial charge on any atom is 0.329 e. The van der Waals surface area contributed by atoms with Crippen LogP contribution in [0.25, 0.3) is 0 Å². The maximum atomic E-state index is 12.0. The predicted octanol–water partition coefficient (Wildman–Crippen LogP) is 1.24. The number of hydrogen-bond acceptors (Lipinski definition) is 5. The number of methoxy groups -OCH3 is 2. The topological polar surface area (TPSA) is 73.9 Å². The molecule has 2 unspecified atom stereocenters. The molecule has 2 rings (SSSR count). The highest BCUT2D eigenvalue weighted by Gasteiger charge is 2.41. The molecule has 21 heavy (non-hydrogen) atoms. The Bertz CT molecular complexity index is 543. The zero-order chi connectivity index (χ0) is 15.4. The summed E-state index contributed by atoms with van der Waals surface area (Å²) in [5.74, 6) is 0.163. The molecule has 1 amide bonds. The Morgan fingerprint density at radius 2 is 2.10 bits per heavy atom. The first-order valence-electron chi connectivity index (χ1n) is 6.79. The number of benzene rings is 1. The van der Waals surface area contributed by atoms with Gasteiger partial charge in [-0.1, -0.05) is 12.1 Å². The van der Waals surface area contributed by atoms with Gasteiger partial charge in [0.1, 0.15) is 6.04 Å². The van der Waals surface area contributed by atoms with E-state index in [0.29, 0.717) is 11.5 Å². The number of ether oxygens (including phenoxy) is 3. The monoisotopic (exact) mass is 293 g/mol. The number of para-hydroxylation sites is 1. The van der Waals surface area contributed by atoms with E-state index in [2.05, 4.69) is 5.32 Å². The van der Waals surface area contributed by atoms with Crippen LogP contribution in [0.1, 0.15) is 24.8 Å². The molecule has 0 saturated carbocycles. The summed E-state index contributed by atoms with van der Waals surface area (Å²) >= 11 is 0. The summed E-state index contributed by atoms with van der Waals surface area (Å²) in [6, 6.07) is 4.71. The standard InChI is InChI=1S/C15H19NO5/c1-4-21-15(18)13-10(8-12(17)16-13)9-6-5-7-11(19-2)14(9)20-3/h5-7,10,13H,4,8H2,1-3H3,(H,16,17). The van der Waals surface area contributed by atoms with Gasteiger partial charge in [0, 0.05) is 17.9 Å². The van der Waals surface area contributed by atoms with E-state index in [4.69, 9.17) is 14.2 Å². The van der Waals surface area contributed by atoms with E-state index in [1.54, 1.807) is 20.1 Å². The first kappa shape index (κ1) is 15.2. The van der Waals surface area contributed by atoms with Gasteiger partial charge in [-0.05, 0) is 13.0 Å². The van der Waals surface area contributed by atoms with Crippen LogP contribution in [0.3, 0.4) is 0 Å². The fourth-order valence-corrected chi connectivity index (χ4v) is 2.60. The first-order valence-corrected chi connectivity index (χ1v) is 6.79. The quantitative estimate of drug-likeness (QED) is 0.827. The Morgan fingerprint density at radius 3 is 2.71 bits per heavy atom. The second-order valence-electron chi connectivity index (χ2n) is 4.69. The van der Waals surface area contributed by atoms with Gasteiger partial charge in [-0.3, -0.25) is 4.79 Å². The number of nitrogens with one attached hydrogen (secondary N) is 1. The van der Waals surface area contributed by atoms with Gasteiger partial charge >= 0.3 is 5.97 Å². The summed E-state index contributed by atoms with van der Waals surface area (Å²) in [6.45, 7) is 2.00. The SMILES string of the molecule is CCOC(=O)C1NC(=O)CC1c1cccc(OC)c1OC. The van der Waals surface area contributed by atoms with E-state index in [-0.39, 0.29) is 24.9 Å². The van der Waals surface area contributed by atoms with Gasteiger partial charge in [0.15, 0.2) is 11.5 Å². The molecule has 1 aliphatic heterocycles. The van der Waals surface area contributed by atoms with Crippen LogP contribution in [0.5, 0.6) is 11.5 Å². The number of hydrogen-bond donors (Lipinski definition) is 1. The highest BCUT2D eigenvalue weighted by molar-refractivity contribution is 5.90. The molecule has 1 fully saturated rings. The van der Waals surface area contributed by atoms with E-state index >= 15 is 0 Å². The summed E-state index contributed by atoms with van der Waals surface area (Å²) in [5, 5.41) is 2.67. The minimum atomic E-state index is -0.696. The summed E-state index contributed by atoms with van der Waals surface area (Å²) in [5.41, 5.74) is 0.758. The van der Waals surface area contributed by atoms with E-state index in [1.807, 2.05) is 12.1 Å². The molecule has 0 aliphatic carbocycles. The van der Waals surface area contributed by atoms with E-state index in [0.717, 1.165) is 5.56 Å². The van der Waals surface area contributed by atoms with Crippen molar-refractivity contribution in [1.82, 2.24) is 5.32 Å². The number of rotatable bonds is 5. The van der Waals surface area contributed by atoms with Crippen molar-refractivity contribution in [2.45, 2.75) is 25.3 Å². The second-order valence-corrected chi connectivity index (χ2v) is 4.69. The van der Waals surface area contributed by atoms with Crippen molar-refractivity contribution in [3.05, 3.63) is 23.8 Å². The second kappa shape index (κ2) is 6.47. The van der Waals surface area contributed by atoms with Gasteiger partial charge in [-0.2, -0.15) is 0 Å². The van der Waals surface area contributed by atoms with Crippen LogP contribution in [-0.4, -0.2) is 38.7 Å². The maximum absolute atomic E-state index is 12.0. The molecule has 1 aromatic rings. The Morgan fingerprint density at radius 1 is 1.33 bits per heavy atom. The minimum Gasteiger partial charge on any atom is -0.493 e. The highest BCUT2D eigenvalue weighted by atomic mass is 16.5. The highest BCUT2D eigenvalue weighted by Crippen LogP contribution is 2.40. The van der Waals surface area contributed by atoms with Crippen molar-refractivity contribution in [2.75, 3.05) is 20.8 Å². The van der Waals surface area contributed by atoms with Crippen molar-refractivity contribution in [3.8, 4) is 11.5 Å². The fourth-order valence-electron chi connectivity index (χ4n) is 2.60. The smallest absolute Gasteiger partial charge is 0.329 e. The van der Waals surface area contributed by atoms with Crippen molar-refractivity contribution < 1.29 is 23.8 Å². The van der Waals surface area contributed by atoms with Crippen LogP contribution in [0.15, 0.2) is 18.2 Å². The molecule has 6 nitrogen and oxygen atoms in total. The third kappa shape index (κ3) is 2.94. The predicted molar refractivity (Wildman–Crippen MR) is 75.5 cm³/mol. The van der Waals surface area contributed by atoms with Crippen LogP contribution in [0.2, 0.25) is 0 Å². The molecular weight excluding hydrogens is 274 g/mol. The Labute approximate surface area is 123 Å². The molecule has 114 valence electrons. The number of carbonyl (C=O) groups excluding carboxylic acids is 2. The molecular formula is C15H19NO5. The van der Waals surface area contributed by atoms with Crippen molar-refractivity contribution in [3.63, 3.8) is 0 Å². The lowest BCUT2D eigenvalue weighted by molar-refractivity contribution is -0.146. The van der Waals surface area contributed by atoms with Crippen LogP contribution >= 0.6 is 0 Å². The third-order valence-corrected chi connectivity index (χ3v) is 3.50. The van der Waals surface area contributed by atoms with Gasteiger partial charge in [0.2, 0.25) is 5.91 Å². The summed E-state index contributed by atoms with van der Waals surface area (Å²) in [7, 11) is 3.08. The molecule has 1 aromatic carbocycles. The lowest BCUT2D eigenvalue weighted by atomic mass is 9.90. The molecule has 1 heterocycles. The lowest BCUT2D eigenvalue weighted by Crippen LogP contribution is -2.37. The Balaban J connectivity index is 2.39. The third-order valence-electron chi connectivity index (χ3n) is 3.50. The number of carbonyl (C=O) groups is 2. The average Bonchev–Trinajstić information content (AvgIpc) is 2.88. The molecule has 1 aliphatic rings. The molecule has 6 heteroatoms. The molecule has 0 aromatic heterocycles. The molecule has 1 saturated heterocycles. The Kier molecular flexibility index (Phi) is 4.67. The van der Waals surface area contributed by atoms with Crippen LogP contribution in [0, 0.1) is 0 Å². The van der Waals surface area contributed by atoms with Crippen molar-refractivity contribution >= 4 is 11.9 Å². The van der Waals surface area contributed by atoms with Crippen LogP contribution in [-0.2, 0) is 14.3 Å². The number of esters is 1. The normalized spacial score (nSPS) is 20.8. The zero-order valence-corrected chi connectivity index (χ0v) is 12.3. The van der Waals surface area contributed by atoms with Crippen molar-refractivity contribution in [2.24, 2.45) is 0 Å². The van der Waals surface area contributed by atoms with Gasteiger partial charge < -0.3 is 19.5 Å². The van der Waals surface area contributed by atoms with E-state index in [1.165, 1.54) is 7.11 Å². The minimum absolute atomic E-state index is 0.178. The van der Waals surface area contributed by atoms with E-state index < -0.39 is 12.0 Å². The van der Waals surface area contributed by atoms with Gasteiger partial charge in [0.25, 0.3) is 0 Å². The fraction of sp³-hybridized carbons (Fsp3) is 0.467. The average molecular weight is 293 g/mol. The van der Waals surface area contributed by atoms with Crippen LogP contribution in [0.4, 0.5) is 0 Å². The largest absolute Gasteiger partial charge is 0.493 e. The van der Waals surface area contributed by atoms with Crippen molar-refractivity contribution in [1.29, 1.82) is 0 Å². The molecule has 2 atom stereocenters. The molecule has 0 radical (unpaired) electrons. The summed E-state index contributed by atoms with van der Waals surface area (Å²) < 4.78 is 15.7. The molecule has 1 N–H and O–H groups in total. The molecule has 0 bridgehead atoms. The van der Waals surface area contributed by atoms with Gasteiger partial charge in [-0.25, -0.2) is 4.79 Å². The zero-order valence-electron chi connectivity index (χ0n) is 12.3. The summed E-state index contributed by atoms with van der Waals surface area (Å²) in [6.07, 6.45) is 0.215. The Hall–Kier alpha value is -2.24. The lowest BCUT2D eigenvalue weighted by Gasteiger charge is -2.21. The van der Waals surface area contributed by atoms with E-state index in [9.17, 15) is 9.59 Å². The molecule has 0 spiro atoms. The first-order chi connectivity index (χ1) is 10.1. The van der Waals surface area contributed by atoms with Gasteiger partial charge in [-0.15, -0.1) is 0 Å². The summed E-state index contributed by atoms with van der Waals surface area (Å²) in [4.78, 5) is 23.7. The number of amides is 1. The van der Waals surface area contributed by atoms with Crippen LogP contribution < -0.4 is 14.8 Å².